The molecule has 2 aromatic rings. The molecule has 0 aliphatic heterocycles. The lowest BCUT2D eigenvalue weighted by Gasteiger charge is -1.89. The van der Waals surface area contributed by atoms with E-state index in [0.29, 0.717) is 0 Å². The van der Waals surface area contributed by atoms with Crippen LogP contribution in [-0.2, 0) is 7.05 Å². The van der Waals surface area contributed by atoms with Crippen LogP contribution in [0.5, 0.6) is 0 Å². The molecule has 0 spiro atoms. The van der Waals surface area contributed by atoms with Gasteiger partial charge in [0.2, 0.25) is 4.80 Å². The minimum Gasteiger partial charge on any atom is -0.221 e. The Morgan fingerprint density at radius 2 is 2.08 bits per heavy atom. The van der Waals surface area contributed by atoms with E-state index in [2.05, 4.69) is 14.7 Å². The van der Waals surface area contributed by atoms with Crippen molar-refractivity contribution in [3.8, 4) is 0 Å². The first-order chi connectivity index (χ1) is 6.36. The molecule has 0 aliphatic carbocycles. The van der Waals surface area contributed by atoms with Crippen molar-refractivity contribution in [2.75, 3.05) is 0 Å². The van der Waals surface area contributed by atoms with Gasteiger partial charge in [-0.2, -0.15) is 0 Å². The molecule has 0 unspecified atom stereocenters. The summed E-state index contributed by atoms with van der Waals surface area (Å²) >= 11 is 1.28. The highest BCUT2D eigenvalue weighted by Gasteiger charge is 1.91. The molecule has 0 saturated heterocycles. The molecule has 0 aliphatic rings. The summed E-state index contributed by atoms with van der Waals surface area (Å²) in [7, 11) is 1.82. The summed E-state index contributed by atoms with van der Waals surface area (Å²) in [5.41, 5.74) is 0.921. The summed E-state index contributed by atoms with van der Waals surface area (Å²) in [6.45, 7) is 0. The molecule has 5 heteroatoms. The van der Waals surface area contributed by atoms with Gasteiger partial charge in [0.05, 0.1) is 5.69 Å². The van der Waals surface area contributed by atoms with Crippen molar-refractivity contribution >= 4 is 17.2 Å². The van der Waals surface area contributed by atoms with E-state index in [4.69, 9.17) is 0 Å². The molecular weight excluding hydrogens is 184 g/mol. The van der Waals surface area contributed by atoms with Crippen LogP contribution in [0, 0.1) is 0 Å². The molecular formula is C8H8N4S. The van der Waals surface area contributed by atoms with Crippen molar-refractivity contribution in [2.45, 2.75) is 0 Å². The van der Waals surface area contributed by atoms with Crippen molar-refractivity contribution in [1.29, 1.82) is 0 Å². The van der Waals surface area contributed by atoms with Gasteiger partial charge >= 0.3 is 0 Å². The summed E-state index contributed by atoms with van der Waals surface area (Å²) in [6, 6.07) is 9.75. The van der Waals surface area contributed by atoms with Gasteiger partial charge < -0.3 is 0 Å². The molecule has 1 heterocycles. The predicted molar refractivity (Wildman–Crippen MR) is 50.5 cm³/mol. The van der Waals surface area contributed by atoms with Crippen LogP contribution in [0.1, 0.15) is 0 Å². The average molecular weight is 192 g/mol. The first kappa shape index (κ1) is 8.12. The van der Waals surface area contributed by atoms with Gasteiger partial charge in [-0.1, -0.05) is 27.9 Å². The summed E-state index contributed by atoms with van der Waals surface area (Å²) < 4.78 is 5.43. The fourth-order valence-corrected chi connectivity index (χ4v) is 1.43. The van der Waals surface area contributed by atoms with E-state index in [1.807, 2.05) is 37.4 Å². The van der Waals surface area contributed by atoms with Crippen LogP contribution in [0.25, 0.3) is 0 Å². The van der Waals surface area contributed by atoms with Gasteiger partial charge in [0.15, 0.2) is 0 Å². The molecule has 13 heavy (non-hydrogen) atoms. The highest BCUT2D eigenvalue weighted by molar-refractivity contribution is 7.02. The van der Waals surface area contributed by atoms with E-state index >= 15 is 0 Å². The maximum Gasteiger partial charge on any atom is 0.227 e. The molecule has 0 atom stereocenters. The maximum atomic E-state index is 4.36. The molecule has 0 bridgehead atoms. The predicted octanol–water partition coefficient (Wildman–Crippen LogP) is 1.11. The fraction of sp³-hybridized carbons (Fsp3) is 0.125. The summed E-state index contributed by atoms with van der Waals surface area (Å²) in [5, 5.41) is 3.80. The van der Waals surface area contributed by atoms with Gasteiger partial charge in [-0.3, -0.25) is 0 Å². The van der Waals surface area contributed by atoms with Gasteiger partial charge in [0, 0.05) is 18.6 Å². The minimum absolute atomic E-state index is 0.797. The lowest BCUT2D eigenvalue weighted by molar-refractivity contribution is 0.686. The van der Waals surface area contributed by atoms with Crippen LogP contribution in [0.3, 0.4) is 0 Å². The number of rotatable bonds is 1. The van der Waals surface area contributed by atoms with Crippen molar-refractivity contribution in [3.63, 3.8) is 0 Å². The van der Waals surface area contributed by atoms with E-state index in [1.165, 1.54) is 11.5 Å². The zero-order valence-corrected chi connectivity index (χ0v) is 7.90. The van der Waals surface area contributed by atoms with Crippen LogP contribution < -0.4 is 4.80 Å². The number of hydrogen-bond donors (Lipinski definition) is 0. The van der Waals surface area contributed by atoms with E-state index in [9.17, 15) is 0 Å². The number of aromatic nitrogens is 3. The second-order valence-corrected chi connectivity index (χ2v) is 3.23. The highest BCUT2D eigenvalue weighted by Crippen LogP contribution is 2.07. The summed E-state index contributed by atoms with van der Waals surface area (Å²) in [4.78, 5) is 5.15. The average Bonchev–Trinajstić information content (AvgIpc) is 2.54. The largest absolute Gasteiger partial charge is 0.227 e. The van der Waals surface area contributed by atoms with Crippen molar-refractivity contribution < 1.29 is 0 Å². The third-order valence-electron chi connectivity index (χ3n) is 1.55. The van der Waals surface area contributed by atoms with Crippen LogP contribution >= 0.6 is 11.5 Å². The molecule has 0 amide bonds. The third kappa shape index (κ3) is 1.81. The first-order valence-corrected chi connectivity index (χ1v) is 4.59. The standard InChI is InChI=1S/C8H8N4S/c1-12-8(13-11-10-12)9-7-5-3-2-4-6-7/h2-6H,1H3. The second kappa shape index (κ2) is 3.49. The molecule has 66 valence electrons. The number of para-hydroxylation sites is 1. The van der Waals surface area contributed by atoms with Gasteiger partial charge in [0.1, 0.15) is 0 Å². The van der Waals surface area contributed by atoms with Gasteiger partial charge in [-0.05, 0) is 12.1 Å². The Hall–Kier alpha value is -1.49. The zero-order valence-electron chi connectivity index (χ0n) is 7.08. The number of benzene rings is 1. The monoisotopic (exact) mass is 192 g/mol. The Morgan fingerprint density at radius 3 is 2.69 bits per heavy atom. The smallest absolute Gasteiger partial charge is 0.221 e. The summed E-state index contributed by atoms with van der Waals surface area (Å²) in [5.74, 6) is 0. The van der Waals surface area contributed by atoms with E-state index in [0.717, 1.165) is 10.5 Å². The second-order valence-electron chi connectivity index (χ2n) is 2.52. The topological polar surface area (TPSA) is 43.1 Å². The lowest BCUT2D eigenvalue weighted by atomic mass is 10.3. The molecule has 0 fully saturated rings. The Labute approximate surface area is 79.3 Å². The number of nitrogens with zero attached hydrogens (tertiary/aromatic N) is 4. The molecule has 2 rings (SSSR count). The van der Waals surface area contributed by atoms with E-state index in [-0.39, 0.29) is 0 Å². The number of aryl methyl sites for hydroxylation is 1. The Balaban J connectivity index is 2.48. The van der Waals surface area contributed by atoms with E-state index in [1.54, 1.807) is 4.68 Å². The SMILES string of the molecule is Cn1nnsc1=Nc1ccccc1. The molecule has 0 radical (unpaired) electrons. The third-order valence-corrected chi connectivity index (χ3v) is 2.22. The van der Waals surface area contributed by atoms with Crippen molar-refractivity contribution in [2.24, 2.45) is 12.0 Å². The molecule has 0 saturated carbocycles. The maximum absolute atomic E-state index is 4.36. The lowest BCUT2D eigenvalue weighted by Crippen LogP contribution is -2.10. The van der Waals surface area contributed by atoms with E-state index < -0.39 is 0 Å². The molecule has 4 nitrogen and oxygen atoms in total. The van der Waals surface area contributed by atoms with Crippen molar-refractivity contribution in [1.82, 2.24) is 14.4 Å². The van der Waals surface area contributed by atoms with Crippen LogP contribution in [-0.4, -0.2) is 14.4 Å². The molecule has 0 N–H and O–H groups in total. The quantitative estimate of drug-likeness (QED) is 0.679. The minimum atomic E-state index is 0.797. The molecule has 1 aromatic heterocycles. The van der Waals surface area contributed by atoms with Crippen LogP contribution in [0.2, 0.25) is 0 Å². The Morgan fingerprint density at radius 1 is 1.31 bits per heavy atom. The normalized spacial score (nSPS) is 11.9. The van der Waals surface area contributed by atoms with Gasteiger partial charge in [-0.25, -0.2) is 9.67 Å². The molecule has 1 aromatic carbocycles. The first-order valence-electron chi connectivity index (χ1n) is 3.82. The number of hydrogen-bond acceptors (Lipinski definition) is 4. The summed E-state index contributed by atoms with van der Waals surface area (Å²) in [6.07, 6.45) is 0. The Bertz CT molecular complexity index is 442. The van der Waals surface area contributed by atoms with Crippen molar-refractivity contribution in [3.05, 3.63) is 35.1 Å². The van der Waals surface area contributed by atoms with Gasteiger partial charge in [0.25, 0.3) is 0 Å². The Kier molecular flexibility index (Phi) is 2.18. The zero-order chi connectivity index (χ0) is 9.10. The van der Waals surface area contributed by atoms with Gasteiger partial charge in [-0.15, -0.1) is 0 Å². The highest BCUT2D eigenvalue weighted by atomic mass is 32.1. The van der Waals surface area contributed by atoms with Crippen LogP contribution in [0.15, 0.2) is 35.3 Å². The van der Waals surface area contributed by atoms with Crippen LogP contribution in [0.4, 0.5) is 5.69 Å². The fourth-order valence-electron chi connectivity index (χ4n) is 0.913.